The lowest BCUT2D eigenvalue weighted by molar-refractivity contribution is -0.136. The molecule has 0 saturated carbocycles. The summed E-state index contributed by atoms with van der Waals surface area (Å²) >= 11 is 0. The van der Waals surface area contributed by atoms with Gasteiger partial charge in [-0.1, -0.05) is 5.10 Å². The molecule has 0 aliphatic rings. The minimum Gasteiger partial charge on any atom is -0.481 e. The summed E-state index contributed by atoms with van der Waals surface area (Å²) in [4.78, 5) is 14.8. The summed E-state index contributed by atoms with van der Waals surface area (Å²) in [7, 11) is 0. The Kier molecular flexibility index (Phi) is 2.07. The Morgan fingerprint density at radius 1 is 1.47 bits per heavy atom. The number of hydrogen-bond donors (Lipinski definition) is 1. The maximum Gasteiger partial charge on any atom is 0.307 e. The topological polar surface area (TPSA) is 93.3 Å². The van der Waals surface area contributed by atoms with Crippen molar-refractivity contribution in [2.45, 2.75) is 20.3 Å². The molecule has 78 valence electrons. The molecule has 0 fully saturated rings. The molecule has 0 atom stereocenters. The van der Waals surface area contributed by atoms with Crippen molar-refractivity contribution in [3.63, 3.8) is 0 Å². The maximum absolute atomic E-state index is 10.7. The van der Waals surface area contributed by atoms with Crippen LogP contribution >= 0.6 is 0 Å². The van der Waals surface area contributed by atoms with Gasteiger partial charge in [0, 0.05) is 11.3 Å². The molecule has 0 amide bonds. The van der Waals surface area contributed by atoms with E-state index in [4.69, 9.17) is 5.11 Å². The summed E-state index contributed by atoms with van der Waals surface area (Å²) in [6.07, 6.45) is -0.0690. The van der Waals surface area contributed by atoms with Gasteiger partial charge in [0.05, 0.1) is 12.1 Å². The van der Waals surface area contributed by atoms with Crippen molar-refractivity contribution in [1.29, 1.82) is 0 Å². The van der Waals surface area contributed by atoms with E-state index in [1.54, 1.807) is 13.8 Å². The number of carboxylic acid groups (broad SMARTS) is 1. The van der Waals surface area contributed by atoms with Crippen molar-refractivity contribution in [3.05, 3.63) is 17.0 Å². The highest BCUT2D eigenvalue weighted by Gasteiger charge is 2.13. The second kappa shape index (κ2) is 3.26. The smallest absolute Gasteiger partial charge is 0.307 e. The fourth-order valence-corrected chi connectivity index (χ4v) is 1.48. The van der Waals surface area contributed by atoms with Crippen LogP contribution in [0.1, 0.15) is 17.0 Å². The third-order valence-corrected chi connectivity index (χ3v) is 2.24. The van der Waals surface area contributed by atoms with Gasteiger partial charge in [0.15, 0.2) is 0 Å². The predicted octanol–water partition coefficient (Wildman–Crippen LogP) is -0.237. The van der Waals surface area contributed by atoms with E-state index >= 15 is 0 Å². The molecule has 2 aromatic heterocycles. The van der Waals surface area contributed by atoms with Gasteiger partial charge in [0.1, 0.15) is 0 Å². The Hall–Kier alpha value is -2.05. The monoisotopic (exact) mass is 207 g/mol. The van der Waals surface area contributed by atoms with Gasteiger partial charge in [-0.3, -0.25) is 4.79 Å². The minimum atomic E-state index is -0.893. The van der Waals surface area contributed by atoms with Crippen LogP contribution in [-0.4, -0.2) is 36.1 Å². The lowest BCUT2D eigenvalue weighted by atomic mass is 10.1. The Morgan fingerprint density at radius 3 is 2.87 bits per heavy atom. The zero-order valence-electron chi connectivity index (χ0n) is 8.30. The lowest BCUT2D eigenvalue weighted by Gasteiger charge is -2.06. The molecule has 0 aromatic carbocycles. The predicted molar refractivity (Wildman–Crippen MR) is 49.4 cm³/mol. The fourth-order valence-electron chi connectivity index (χ4n) is 1.48. The number of aryl methyl sites for hydroxylation is 2. The van der Waals surface area contributed by atoms with E-state index < -0.39 is 5.97 Å². The largest absolute Gasteiger partial charge is 0.481 e. The van der Waals surface area contributed by atoms with Crippen LogP contribution in [0.5, 0.6) is 0 Å². The molecule has 0 aliphatic heterocycles. The molecule has 7 heteroatoms. The fraction of sp³-hybridized carbons (Fsp3) is 0.375. The molecule has 0 saturated heterocycles. The molecule has 15 heavy (non-hydrogen) atoms. The molecule has 2 heterocycles. The van der Waals surface area contributed by atoms with Crippen molar-refractivity contribution < 1.29 is 9.90 Å². The Morgan fingerprint density at radius 2 is 2.20 bits per heavy atom. The van der Waals surface area contributed by atoms with Crippen LogP contribution in [0.4, 0.5) is 0 Å². The maximum atomic E-state index is 10.7. The van der Waals surface area contributed by atoms with Crippen LogP contribution in [0.25, 0.3) is 5.78 Å². The average Bonchev–Trinajstić information content (AvgIpc) is 2.59. The van der Waals surface area contributed by atoms with Gasteiger partial charge >= 0.3 is 5.97 Å². The molecule has 0 aliphatic carbocycles. The highest BCUT2D eigenvalue weighted by molar-refractivity contribution is 5.71. The van der Waals surface area contributed by atoms with Gasteiger partial charge in [0.25, 0.3) is 5.78 Å². The van der Waals surface area contributed by atoms with Crippen LogP contribution in [-0.2, 0) is 11.2 Å². The van der Waals surface area contributed by atoms with E-state index in [2.05, 4.69) is 20.5 Å². The highest BCUT2D eigenvalue weighted by atomic mass is 16.4. The lowest BCUT2D eigenvalue weighted by Crippen LogP contribution is -2.10. The van der Waals surface area contributed by atoms with Crippen molar-refractivity contribution in [1.82, 2.24) is 25.0 Å². The normalized spacial score (nSPS) is 10.8. The summed E-state index contributed by atoms with van der Waals surface area (Å²) in [5.41, 5.74) is 2.02. The number of tetrazole rings is 1. The number of rotatable bonds is 2. The van der Waals surface area contributed by atoms with E-state index in [-0.39, 0.29) is 6.42 Å². The quantitative estimate of drug-likeness (QED) is 0.730. The first kappa shape index (κ1) is 9.50. The number of carboxylic acids is 1. The first-order valence-corrected chi connectivity index (χ1v) is 4.35. The van der Waals surface area contributed by atoms with Crippen LogP contribution in [0.3, 0.4) is 0 Å². The Balaban J connectivity index is 2.66. The van der Waals surface area contributed by atoms with E-state index in [1.807, 2.05) is 0 Å². The molecule has 0 unspecified atom stereocenters. The summed E-state index contributed by atoms with van der Waals surface area (Å²) in [6, 6.07) is 0. The van der Waals surface area contributed by atoms with Crippen LogP contribution in [0, 0.1) is 13.8 Å². The summed E-state index contributed by atoms with van der Waals surface area (Å²) in [6.45, 7) is 3.52. The first-order valence-electron chi connectivity index (χ1n) is 4.35. The van der Waals surface area contributed by atoms with Gasteiger partial charge < -0.3 is 5.11 Å². The van der Waals surface area contributed by atoms with Gasteiger partial charge in [-0.2, -0.15) is 4.52 Å². The third-order valence-electron chi connectivity index (χ3n) is 2.24. The van der Waals surface area contributed by atoms with Crippen molar-refractivity contribution in [2.24, 2.45) is 0 Å². The average molecular weight is 207 g/mol. The molecule has 1 N–H and O–H groups in total. The molecule has 0 radical (unpaired) electrons. The first-order chi connectivity index (χ1) is 7.09. The molecule has 0 spiro atoms. The van der Waals surface area contributed by atoms with Gasteiger partial charge in [-0.15, -0.1) is 0 Å². The number of fused-ring (bicyclic) bond motifs is 1. The number of hydrogen-bond acceptors (Lipinski definition) is 5. The minimum absolute atomic E-state index is 0.0690. The Labute approximate surface area is 84.7 Å². The van der Waals surface area contributed by atoms with E-state index in [0.29, 0.717) is 22.7 Å². The second-order valence-electron chi connectivity index (χ2n) is 3.22. The molecule has 2 rings (SSSR count). The van der Waals surface area contributed by atoms with Gasteiger partial charge in [-0.05, 0) is 24.3 Å². The Bertz CT molecular complexity index is 533. The molecular formula is C8H9N5O2. The van der Waals surface area contributed by atoms with Crippen LogP contribution < -0.4 is 0 Å². The number of aliphatic carboxylic acids is 1. The highest BCUT2D eigenvalue weighted by Crippen LogP contribution is 2.12. The summed E-state index contributed by atoms with van der Waals surface area (Å²) in [5, 5.41) is 19.7. The van der Waals surface area contributed by atoms with Gasteiger partial charge in [0.2, 0.25) is 0 Å². The molecule has 0 bridgehead atoms. The molecular weight excluding hydrogens is 198 g/mol. The van der Waals surface area contributed by atoms with E-state index in [1.165, 1.54) is 4.52 Å². The molecule has 2 aromatic rings. The van der Waals surface area contributed by atoms with Crippen molar-refractivity contribution in [2.75, 3.05) is 0 Å². The number of carbonyl (C=O) groups is 1. The zero-order valence-corrected chi connectivity index (χ0v) is 8.30. The van der Waals surface area contributed by atoms with E-state index in [0.717, 1.165) is 0 Å². The van der Waals surface area contributed by atoms with Crippen molar-refractivity contribution >= 4 is 11.7 Å². The second-order valence-corrected chi connectivity index (χ2v) is 3.22. The third kappa shape index (κ3) is 1.51. The summed E-state index contributed by atoms with van der Waals surface area (Å²) in [5.74, 6) is -0.505. The van der Waals surface area contributed by atoms with Crippen LogP contribution in [0.2, 0.25) is 0 Å². The van der Waals surface area contributed by atoms with Crippen LogP contribution in [0.15, 0.2) is 0 Å². The SMILES string of the molecule is Cc1nc2nnnn2c(C)c1CC(=O)O. The number of aromatic nitrogens is 5. The summed E-state index contributed by atoms with van der Waals surface area (Å²) < 4.78 is 1.44. The number of nitrogens with zero attached hydrogens (tertiary/aromatic N) is 5. The van der Waals surface area contributed by atoms with E-state index in [9.17, 15) is 4.79 Å². The standard InChI is InChI=1S/C8H9N5O2/c1-4-6(3-7(14)15)5(2)13-8(9-4)10-11-12-13/h3H2,1-2H3,(H,14,15). The van der Waals surface area contributed by atoms with Gasteiger partial charge in [-0.25, -0.2) is 4.98 Å². The molecule has 7 nitrogen and oxygen atoms in total. The zero-order chi connectivity index (χ0) is 11.0. The van der Waals surface area contributed by atoms with Crippen molar-refractivity contribution in [3.8, 4) is 0 Å².